The zero-order valence-electron chi connectivity index (χ0n) is 20.7. The van der Waals surface area contributed by atoms with Crippen molar-refractivity contribution in [1.82, 2.24) is 4.90 Å². The van der Waals surface area contributed by atoms with Gasteiger partial charge in [-0.15, -0.1) is 0 Å². The highest BCUT2D eigenvalue weighted by Crippen LogP contribution is 2.30. The van der Waals surface area contributed by atoms with Gasteiger partial charge in [0.15, 0.2) is 0 Å². The second-order valence-corrected chi connectivity index (χ2v) is 9.76. The predicted molar refractivity (Wildman–Crippen MR) is 132 cm³/mol. The Labute approximate surface area is 200 Å². The number of benzene rings is 2. The molecule has 0 spiro atoms. The maximum atomic E-state index is 6.39. The van der Waals surface area contributed by atoms with Crippen LogP contribution in [0.1, 0.15) is 51.0 Å². The van der Waals surface area contributed by atoms with E-state index in [2.05, 4.69) is 81.1 Å². The van der Waals surface area contributed by atoms with Gasteiger partial charge in [0.2, 0.25) is 0 Å². The summed E-state index contributed by atoms with van der Waals surface area (Å²) < 4.78 is 24.2. The molecule has 1 heterocycles. The molecule has 0 aromatic heterocycles. The van der Waals surface area contributed by atoms with E-state index < -0.39 is 0 Å². The third kappa shape index (κ3) is 8.51. The molecule has 2 aromatic rings. The predicted octanol–water partition coefficient (Wildman–Crippen LogP) is 5.29. The lowest BCUT2D eigenvalue weighted by atomic mass is 9.86. The summed E-state index contributed by atoms with van der Waals surface area (Å²) in [4.78, 5) is 2.52. The minimum atomic E-state index is -0.0441. The monoisotopic (exact) mass is 455 g/mol. The minimum absolute atomic E-state index is 0.0441. The molecule has 1 aliphatic rings. The molecule has 3 atom stereocenters. The van der Waals surface area contributed by atoms with E-state index in [1.54, 1.807) is 0 Å². The Hall–Kier alpha value is -1.76. The largest absolute Gasteiger partial charge is 0.377 e. The normalized spacial score (nSPS) is 23.9. The lowest BCUT2D eigenvalue weighted by molar-refractivity contribution is -0.0438. The molecular weight excluding hydrogens is 414 g/mol. The van der Waals surface area contributed by atoms with Gasteiger partial charge in [0, 0.05) is 19.1 Å². The summed E-state index contributed by atoms with van der Waals surface area (Å²) >= 11 is 0. The molecule has 5 nitrogen and oxygen atoms in total. The van der Waals surface area contributed by atoms with Crippen molar-refractivity contribution < 1.29 is 18.9 Å². The van der Waals surface area contributed by atoms with Crippen LogP contribution in [0.4, 0.5) is 0 Å². The van der Waals surface area contributed by atoms with Crippen molar-refractivity contribution in [2.24, 2.45) is 5.41 Å². The lowest BCUT2D eigenvalue weighted by Crippen LogP contribution is -2.46. The fraction of sp³-hybridized carbons (Fsp3) is 0.571. The summed E-state index contributed by atoms with van der Waals surface area (Å²) in [6, 6.07) is 21.3. The fourth-order valence-electron chi connectivity index (χ4n) is 4.03. The third-order valence-electron chi connectivity index (χ3n) is 6.41. The van der Waals surface area contributed by atoms with Crippen LogP contribution < -0.4 is 0 Å². The van der Waals surface area contributed by atoms with Crippen LogP contribution >= 0.6 is 0 Å². The first-order chi connectivity index (χ1) is 15.9. The summed E-state index contributed by atoms with van der Waals surface area (Å²) in [6.45, 7) is 14.1. The van der Waals surface area contributed by atoms with Crippen molar-refractivity contribution in [2.45, 2.75) is 45.9 Å². The van der Waals surface area contributed by atoms with Gasteiger partial charge in [-0.2, -0.15) is 0 Å². The van der Waals surface area contributed by atoms with Gasteiger partial charge in [0.1, 0.15) is 0 Å². The second-order valence-electron chi connectivity index (χ2n) is 9.76. The maximum absolute atomic E-state index is 6.39. The van der Waals surface area contributed by atoms with Gasteiger partial charge >= 0.3 is 0 Å². The van der Waals surface area contributed by atoms with Crippen molar-refractivity contribution in [2.75, 3.05) is 52.7 Å². The van der Waals surface area contributed by atoms with Crippen molar-refractivity contribution in [3.05, 3.63) is 71.8 Å². The van der Waals surface area contributed by atoms with Crippen molar-refractivity contribution in [3.63, 3.8) is 0 Å². The first-order valence-corrected chi connectivity index (χ1v) is 12.2. The first kappa shape index (κ1) is 25.9. The molecule has 0 N–H and O–H groups in total. The Morgan fingerprint density at radius 1 is 0.667 bits per heavy atom. The molecule has 0 radical (unpaired) electrons. The molecule has 33 heavy (non-hydrogen) atoms. The Morgan fingerprint density at radius 2 is 1.06 bits per heavy atom. The quantitative estimate of drug-likeness (QED) is 0.629. The Bertz CT molecular complexity index is 720. The van der Waals surface area contributed by atoms with E-state index in [0.717, 1.165) is 13.1 Å². The molecule has 1 aliphatic heterocycles. The zero-order chi connectivity index (χ0) is 23.5. The van der Waals surface area contributed by atoms with Crippen molar-refractivity contribution in [1.29, 1.82) is 0 Å². The van der Waals surface area contributed by atoms with E-state index in [0.29, 0.717) is 45.7 Å². The standard InChI is InChI=1S/C28H41NO4/c1-23(28(2,3)4)29-21-26(24-11-7-5-8-12-24)32-19-17-30-15-16-31-18-20-33-27(22-29)25-13-9-6-10-14-25/h5-14,23,26-27H,15-22H2,1-4H3/t23?,26-,27-/m0/s1. The average Bonchev–Trinajstić information content (AvgIpc) is 2.83. The molecule has 0 amide bonds. The van der Waals surface area contributed by atoms with Gasteiger partial charge in [-0.05, 0) is 23.5 Å². The molecule has 0 saturated carbocycles. The molecule has 2 aromatic carbocycles. The van der Waals surface area contributed by atoms with Crippen LogP contribution in [0.25, 0.3) is 0 Å². The van der Waals surface area contributed by atoms with E-state index in [4.69, 9.17) is 18.9 Å². The highest BCUT2D eigenvalue weighted by atomic mass is 16.6. The Balaban J connectivity index is 1.89. The first-order valence-electron chi connectivity index (χ1n) is 12.2. The summed E-state index contributed by atoms with van der Waals surface area (Å²) in [5.74, 6) is 0. The van der Waals surface area contributed by atoms with Crippen molar-refractivity contribution >= 4 is 0 Å². The van der Waals surface area contributed by atoms with Crippen LogP contribution in [0, 0.1) is 5.41 Å². The van der Waals surface area contributed by atoms with Crippen LogP contribution in [0.2, 0.25) is 0 Å². The maximum Gasteiger partial charge on any atom is 0.0953 e. The molecule has 5 heteroatoms. The van der Waals surface area contributed by atoms with E-state index in [1.165, 1.54) is 11.1 Å². The van der Waals surface area contributed by atoms with E-state index in [1.807, 2.05) is 12.1 Å². The molecule has 3 rings (SSSR count). The topological polar surface area (TPSA) is 40.2 Å². The molecule has 0 aliphatic carbocycles. The Morgan fingerprint density at radius 3 is 1.45 bits per heavy atom. The lowest BCUT2D eigenvalue weighted by Gasteiger charge is -2.41. The van der Waals surface area contributed by atoms with Gasteiger partial charge in [0.05, 0.1) is 51.8 Å². The van der Waals surface area contributed by atoms with Crippen LogP contribution in [-0.2, 0) is 18.9 Å². The molecular formula is C28H41NO4. The third-order valence-corrected chi connectivity index (χ3v) is 6.41. The summed E-state index contributed by atoms with van der Waals surface area (Å²) in [5.41, 5.74) is 2.49. The molecule has 1 fully saturated rings. The molecule has 182 valence electrons. The van der Waals surface area contributed by atoms with Gasteiger partial charge in [0.25, 0.3) is 0 Å². The fourth-order valence-corrected chi connectivity index (χ4v) is 4.03. The summed E-state index contributed by atoms with van der Waals surface area (Å²) in [7, 11) is 0. The van der Waals surface area contributed by atoms with E-state index in [9.17, 15) is 0 Å². The van der Waals surface area contributed by atoms with Crippen molar-refractivity contribution in [3.8, 4) is 0 Å². The number of ether oxygens (including phenoxy) is 4. The highest BCUT2D eigenvalue weighted by Gasteiger charge is 2.31. The molecule has 0 bridgehead atoms. The minimum Gasteiger partial charge on any atom is -0.377 e. The summed E-state index contributed by atoms with van der Waals surface area (Å²) in [5, 5.41) is 0. The zero-order valence-corrected chi connectivity index (χ0v) is 20.7. The highest BCUT2D eigenvalue weighted by molar-refractivity contribution is 5.20. The Kier molecular flexibility index (Phi) is 10.4. The van der Waals surface area contributed by atoms with Crippen LogP contribution in [0.3, 0.4) is 0 Å². The smallest absolute Gasteiger partial charge is 0.0953 e. The SMILES string of the molecule is CC(N1C[C@@H](c2ccccc2)OCCOCCOCCO[C@H](c2ccccc2)C1)C(C)(C)C. The number of hydrogen-bond donors (Lipinski definition) is 0. The van der Waals surface area contributed by atoms with Gasteiger partial charge in [-0.3, -0.25) is 4.90 Å². The number of hydrogen-bond acceptors (Lipinski definition) is 5. The summed E-state index contributed by atoms with van der Waals surface area (Å²) in [6.07, 6.45) is -0.0881. The van der Waals surface area contributed by atoms with Gasteiger partial charge < -0.3 is 18.9 Å². The van der Waals surface area contributed by atoms with E-state index in [-0.39, 0.29) is 17.6 Å². The molecule has 1 unspecified atom stereocenters. The second kappa shape index (κ2) is 13.2. The van der Waals surface area contributed by atoms with Gasteiger partial charge in [-0.25, -0.2) is 0 Å². The number of rotatable bonds is 3. The van der Waals surface area contributed by atoms with Gasteiger partial charge in [-0.1, -0.05) is 81.4 Å². The number of nitrogens with zero attached hydrogens (tertiary/aromatic N) is 1. The van der Waals surface area contributed by atoms with Crippen LogP contribution in [0.15, 0.2) is 60.7 Å². The van der Waals surface area contributed by atoms with Crippen LogP contribution in [0.5, 0.6) is 0 Å². The van der Waals surface area contributed by atoms with E-state index >= 15 is 0 Å². The average molecular weight is 456 g/mol. The molecule has 1 saturated heterocycles. The van der Waals surface area contributed by atoms with Crippen LogP contribution in [-0.4, -0.2) is 63.7 Å².